The second kappa shape index (κ2) is 7.81. The summed E-state index contributed by atoms with van der Waals surface area (Å²) < 4.78 is 28.8. The van der Waals surface area contributed by atoms with Gasteiger partial charge in [0.05, 0.1) is 11.9 Å². The molecular formula is C19H34N4O3S. The first-order valence-electron chi connectivity index (χ1n) is 10.1. The van der Waals surface area contributed by atoms with Crippen LogP contribution in [-0.2, 0) is 17.1 Å². The summed E-state index contributed by atoms with van der Waals surface area (Å²) in [5.41, 5.74) is -0.405. The average molecular weight is 399 g/mol. The van der Waals surface area contributed by atoms with E-state index in [0.29, 0.717) is 13.1 Å². The predicted octanol–water partition coefficient (Wildman–Crippen LogP) is 1.84. The number of rotatable bonds is 6. The van der Waals surface area contributed by atoms with Crippen LogP contribution in [0.25, 0.3) is 0 Å². The van der Waals surface area contributed by atoms with E-state index in [4.69, 9.17) is 0 Å². The molecule has 0 unspecified atom stereocenters. The van der Waals surface area contributed by atoms with Crippen molar-refractivity contribution in [3.63, 3.8) is 0 Å². The van der Waals surface area contributed by atoms with Gasteiger partial charge in [-0.1, -0.05) is 6.92 Å². The molecular weight excluding hydrogens is 364 g/mol. The molecule has 154 valence electrons. The highest BCUT2D eigenvalue weighted by Gasteiger charge is 2.45. The SMILES string of the molecule is CCCN(C)CC1(O)CCC2(CCN(S(=O)(=O)c3cn(C)cn3)CC2)CC1. The third kappa shape index (κ3) is 4.55. The number of imidazole rings is 1. The number of aromatic nitrogens is 2. The Hall–Kier alpha value is -0.960. The van der Waals surface area contributed by atoms with Crippen molar-refractivity contribution in [2.45, 2.75) is 62.5 Å². The molecule has 0 aromatic carbocycles. The largest absolute Gasteiger partial charge is 0.389 e. The van der Waals surface area contributed by atoms with Crippen LogP contribution in [0.15, 0.2) is 17.6 Å². The molecule has 1 aromatic rings. The topological polar surface area (TPSA) is 78.7 Å². The van der Waals surface area contributed by atoms with Crippen molar-refractivity contribution in [1.29, 1.82) is 0 Å². The van der Waals surface area contributed by atoms with E-state index in [2.05, 4.69) is 23.9 Å². The monoisotopic (exact) mass is 398 g/mol. The summed E-state index contributed by atoms with van der Waals surface area (Å²) in [5, 5.41) is 11.1. The Kier molecular flexibility index (Phi) is 6.01. The molecule has 2 fully saturated rings. The molecule has 27 heavy (non-hydrogen) atoms. The zero-order chi connectivity index (χ0) is 19.7. The Bertz CT molecular complexity index is 728. The lowest BCUT2D eigenvalue weighted by Crippen LogP contribution is -2.50. The molecule has 1 aliphatic heterocycles. The molecule has 7 nitrogen and oxygen atoms in total. The highest BCUT2D eigenvalue weighted by atomic mass is 32.2. The van der Waals surface area contributed by atoms with Gasteiger partial charge < -0.3 is 14.6 Å². The fourth-order valence-electron chi connectivity index (χ4n) is 4.72. The van der Waals surface area contributed by atoms with Gasteiger partial charge in [0.15, 0.2) is 5.03 Å². The van der Waals surface area contributed by atoms with Gasteiger partial charge in [-0.2, -0.15) is 4.31 Å². The number of hydrogen-bond donors (Lipinski definition) is 1. The molecule has 1 spiro atoms. The van der Waals surface area contributed by atoms with Gasteiger partial charge in [-0.05, 0) is 64.0 Å². The second-order valence-electron chi connectivity index (χ2n) is 8.74. The minimum absolute atomic E-state index is 0.137. The van der Waals surface area contributed by atoms with Crippen molar-refractivity contribution >= 4 is 10.0 Å². The van der Waals surface area contributed by atoms with Gasteiger partial charge in [0.25, 0.3) is 10.0 Å². The van der Waals surface area contributed by atoms with E-state index >= 15 is 0 Å². The zero-order valence-corrected chi connectivity index (χ0v) is 17.7. The smallest absolute Gasteiger partial charge is 0.262 e. The number of aryl methyl sites for hydroxylation is 1. The number of sulfonamides is 1. The molecule has 0 amide bonds. The predicted molar refractivity (Wildman–Crippen MR) is 105 cm³/mol. The third-order valence-electron chi connectivity index (χ3n) is 6.48. The van der Waals surface area contributed by atoms with Gasteiger partial charge in [0, 0.05) is 32.9 Å². The van der Waals surface area contributed by atoms with Crippen molar-refractivity contribution in [2.24, 2.45) is 12.5 Å². The van der Waals surface area contributed by atoms with Crippen molar-refractivity contribution in [1.82, 2.24) is 18.8 Å². The normalized spacial score (nSPS) is 23.1. The molecule has 0 bridgehead atoms. The number of aliphatic hydroxyl groups is 1. The lowest BCUT2D eigenvalue weighted by molar-refractivity contribution is -0.0621. The molecule has 8 heteroatoms. The summed E-state index contributed by atoms with van der Waals surface area (Å²) in [6.45, 7) is 4.99. The Labute approximate surface area is 163 Å². The van der Waals surface area contributed by atoms with Gasteiger partial charge in [-0.25, -0.2) is 13.4 Å². The number of nitrogens with zero attached hydrogens (tertiary/aromatic N) is 4. The summed E-state index contributed by atoms with van der Waals surface area (Å²) in [6.07, 6.45) is 9.53. The summed E-state index contributed by atoms with van der Waals surface area (Å²) >= 11 is 0. The van der Waals surface area contributed by atoms with E-state index in [0.717, 1.165) is 58.0 Å². The number of piperidine rings is 1. The fraction of sp³-hybridized carbons (Fsp3) is 0.842. The minimum Gasteiger partial charge on any atom is -0.389 e. The van der Waals surface area contributed by atoms with Crippen molar-refractivity contribution in [2.75, 3.05) is 33.2 Å². The van der Waals surface area contributed by atoms with E-state index in [1.54, 1.807) is 22.1 Å². The Morgan fingerprint density at radius 3 is 2.33 bits per heavy atom. The van der Waals surface area contributed by atoms with Crippen LogP contribution in [0.3, 0.4) is 0 Å². The minimum atomic E-state index is -3.50. The van der Waals surface area contributed by atoms with Crippen LogP contribution < -0.4 is 0 Å². The standard InChI is InChI=1S/C19H34N4O3S/c1-4-11-21(2)15-19(24)7-5-18(6-8-19)9-12-23(13-10-18)27(25,26)17-14-22(3)16-20-17/h14,16,24H,4-13,15H2,1-3H3. The van der Waals surface area contributed by atoms with Crippen molar-refractivity contribution < 1.29 is 13.5 Å². The van der Waals surface area contributed by atoms with Gasteiger partial charge in [0.1, 0.15) is 0 Å². The van der Waals surface area contributed by atoms with Gasteiger partial charge in [-0.3, -0.25) is 0 Å². The van der Waals surface area contributed by atoms with E-state index in [9.17, 15) is 13.5 Å². The molecule has 0 radical (unpaired) electrons. The van der Waals surface area contributed by atoms with Crippen LogP contribution in [0.1, 0.15) is 51.9 Å². The summed E-state index contributed by atoms with van der Waals surface area (Å²) in [6, 6.07) is 0. The van der Waals surface area contributed by atoms with E-state index in [1.807, 2.05) is 0 Å². The maximum Gasteiger partial charge on any atom is 0.262 e. The number of likely N-dealkylation sites (N-methyl/N-ethyl adjacent to an activating group) is 1. The Morgan fingerprint density at radius 1 is 1.19 bits per heavy atom. The van der Waals surface area contributed by atoms with Crippen LogP contribution in [-0.4, -0.2) is 71.1 Å². The lowest BCUT2D eigenvalue weighted by Gasteiger charge is -2.48. The first kappa shape index (κ1) is 20.8. The summed E-state index contributed by atoms with van der Waals surface area (Å²) in [7, 11) is 0.356. The molecule has 1 saturated carbocycles. The van der Waals surface area contributed by atoms with E-state index in [1.165, 1.54) is 6.33 Å². The maximum atomic E-state index is 12.8. The second-order valence-corrected chi connectivity index (χ2v) is 10.6. The summed E-state index contributed by atoms with van der Waals surface area (Å²) in [5.74, 6) is 0. The number of hydrogen-bond acceptors (Lipinski definition) is 5. The highest BCUT2D eigenvalue weighted by Crippen LogP contribution is 2.48. The van der Waals surface area contributed by atoms with Crippen molar-refractivity contribution in [3.05, 3.63) is 12.5 Å². The Morgan fingerprint density at radius 2 is 1.81 bits per heavy atom. The van der Waals surface area contributed by atoms with Crippen LogP contribution in [0, 0.1) is 5.41 Å². The molecule has 3 rings (SSSR count). The average Bonchev–Trinajstić information content (AvgIpc) is 3.06. The van der Waals surface area contributed by atoms with Gasteiger partial charge in [0.2, 0.25) is 0 Å². The molecule has 2 aliphatic rings. The van der Waals surface area contributed by atoms with Crippen LogP contribution in [0.4, 0.5) is 0 Å². The molecule has 1 aromatic heterocycles. The first-order valence-corrected chi connectivity index (χ1v) is 11.5. The van der Waals surface area contributed by atoms with Crippen molar-refractivity contribution in [3.8, 4) is 0 Å². The quantitative estimate of drug-likeness (QED) is 0.791. The first-order chi connectivity index (χ1) is 12.7. The van der Waals surface area contributed by atoms with E-state index < -0.39 is 15.6 Å². The van der Waals surface area contributed by atoms with Crippen LogP contribution in [0.2, 0.25) is 0 Å². The maximum absolute atomic E-state index is 12.8. The van der Waals surface area contributed by atoms with Gasteiger partial charge in [-0.15, -0.1) is 0 Å². The molecule has 0 atom stereocenters. The summed E-state index contributed by atoms with van der Waals surface area (Å²) in [4.78, 5) is 6.25. The van der Waals surface area contributed by atoms with E-state index in [-0.39, 0.29) is 10.4 Å². The fourth-order valence-corrected chi connectivity index (χ4v) is 6.13. The molecule has 1 aliphatic carbocycles. The zero-order valence-electron chi connectivity index (χ0n) is 16.9. The molecule has 1 saturated heterocycles. The molecule has 1 N–H and O–H groups in total. The van der Waals surface area contributed by atoms with Crippen LogP contribution >= 0.6 is 0 Å². The lowest BCUT2D eigenvalue weighted by atomic mass is 9.64. The highest BCUT2D eigenvalue weighted by molar-refractivity contribution is 7.89. The molecule has 2 heterocycles. The van der Waals surface area contributed by atoms with Crippen LogP contribution in [0.5, 0.6) is 0 Å². The third-order valence-corrected chi connectivity index (χ3v) is 8.26. The van der Waals surface area contributed by atoms with Gasteiger partial charge >= 0.3 is 0 Å². The Balaban J connectivity index is 1.57.